The number of carbonyl (C=O) groups is 2. The van der Waals surface area contributed by atoms with E-state index >= 15 is 4.39 Å². The highest BCUT2D eigenvalue weighted by Gasteiger charge is 2.53. The number of nitrogens with zero attached hydrogens (tertiary/aromatic N) is 3. The van der Waals surface area contributed by atoms with Gasteiger partial charge in [-0.1, -0.05) is 43.3 Å². The highest BCUT2D eigenvalue weighted by Crippen LogP contribution is 2.38. The Morgan fingerprint density at radius 1 is 1.31 bits per heavy atom. The molecular weight excluding hydrogens is 471 g/mol. The molecule has 10 heteroatoms. The number of rotatable bonds is 7. The van der Waals surface area contributed by atoms with Gasteiger partial charge >= 0.3 is 0 Å². The minimum Gasteiger partial charge on any atom is -0.391 e. The number of carbonyl (C=O) groups excluding carboxylic acids is 2. The average molecular weight is 501 g/mol. The summed E-state index contributed by atoms with van der Waals surface area (Å²) < 4.78 is 21.3. The van der Waals surface area contributed by atoms with Crippen molar-refractivity contribution in [2.24, 2.45) is 5.92 Å². The Bertz CT molecular complexity index is 1210. The van der Waals surface area contributed by atoms with Crippen molar-refractivity contribution in [2.75, 3.05) is 6.54 Å². The quantitative estimate of drug-likeness (QED) is 0.514. The molecule has 35 heavy (non-hydrogen) atoms. The van der Waals surface area contributed by atoms with Gasteiger partial charge in [-0.3, -0.25) is 9.59 Å². The first-order valence-electron chi connectivity index (χ1n) is 11.5. The van der Waals surface area contributed by atoms with Crippen LogP contribution in [0, 0.1) is 19.8 Å². The van der Waals surface area contributed by atoms with Crippen LogP contribution < -0.4 is 5.32 Å². The van der Waals surface area contributed by atoms with Crippen molar-refractivity contribution in [1.82, 2.24) is 20.4 Å². The van der Waals surface area contributed by atoms with Gasteiger partial charge in [0.2, 0.25) is 5.91 Å². The molecule has 2 aromatic heterocycles. The standard InChI is InChI=1S/C25H29FN4O4S/c1-14(2)25(26,21-9-15(3)29-34-21)24(33)30-12-19(31)10-20(30)23(32)27-11-17-5-7-18(8-6-17)22-16(4)28-13-35-22/h5-9,13-14,19-20,31H,10-12H2,1-4H3,(H,27,32)/t19-,20+,25-/m1/s1. The summed E-state index contributed by atoms with van der Waals surface area (Å²) >= 11 is 1.57. The average Bonchev–Trinajstić information content (AvgIpc) is 3.56. The molecule has 186 valence electrons. The molecular formula is C25H29FN4O4S. The van der Waals surface area contributed by atoms with E-state index in [0.717, 1.165) is 26.6 Å². The molecule has 0 aliphatic carbocycles. The maximum Gasteiger partial charge on any atom is 0.269 e. The fourth-order valence-electron chi connectivity index (χ4n) is 4.33. The molecule has 1 aliphatic rings. The maximum absolute atomic E-state index is 16.2. The summed E-state index contributed by atoms with van der Waals surface area (Å²) in [5, 5.41) is 16.8. The summed E-state index contributed by atoms with van der Waals surface area (Å²) in [6, 6.07) is 8.16. The number of hydrogen-bond donors (Lipinski definition) is 2. The van der Waals surface area contributed by atoms with Gasteiger partial charge in [0, 0.05) is 31.5 Å². The predicted octanol–water partition coefficient (Wildman–Crippen LogP) is 3.51. The van der Waals surface area contributed by atoms with Gasteiger partial charge in [-0.2, -0.15) is 0 Å². The lowest BCUT2D eigenvalue weighted by Crippen LogP contribution is -2.53. The van der Waals surface area contributed by atoms with Gasteiger partial charge in [0.25, 0.3) is 11.6 Å². The molecule has 0 bridgehead atoms. The van der Waals surface area contributed by atoms with Gasteiger partial charge in [-0.15, -0.1) is 11.3 Å². The Balaban J connectivity index is 1.47. The lowest BCUT2D eigenvalue weighted by Gasteiger charge is -2.32. The fourth-order valence-corrected chi connectivity index (χ4v) is 5.14. The van der Waals surface area contributed by atoms with Crippen LogP contribution >= 0.6 is 11.3 Å². The summed E-state index contributed by atoms with van der Waals surface area (Å²) in [4.78, 5) is 32.9. The van der Waals surface area contributed by atoms with Crippen LogP contribution in [0.5, 0.6) is 0 Å². The molecule has 1 saturated heterocycles. The molecule has 2 amide bonds. The van der Waals surface area contributed by atoms with Crippen molar-refractivity contribution < 1.29 is 23.6 Å². The van der Waals surface area contributed by atoms with Gasteiger partial charge in [-0.05, 0) is 25.0 Å². The number of thiazole rings is 1. The fraction of sp³-hybridized carbons (Fsp3) is 0.440. The number of benzene rings is 1. The number of alkyl halides is 1. The summed E-state index contributed by atoms with van der Waals surface area (Å²) in [7, 11) is 0. The highest BCUT2D eigenvalue weighted by molar-refractivity contribution is 7.13. The zero-order valence-corrected chi connectivity index (χ0v) is 20.9. The summed E-state index contributed by atoms with van der Waals surface area (Å²) in [6.07, 6.45) is -0.894. The van der Waals surface area contributed by atoms with E-state index in [-0.39, 0.29) is 25.3 Å². The van der Waals surface area contributed by atoms with E-state index in [1.54, 1.807) is 37.6 Å². The van der Waals surface area contributed by atoms with Crippen LogP contribution in [-0.4, -0.2) is 50.7 Å². The van der Waals surface area contributed by atoms with Gasteiger partial charge in [0.05, 0.1) is 27.9 Å². The molecule has 1 aliphatic heterocycles. The molecule has 1 aromatic carbocycles. The second-order valence-electron chi connectivity index (χ2n) is 9.24. The Hall–Kier alpha value is -3.11. The third-order valence-corrected chi connectivity index (χ3v) is 7.34. The molecule has 0 unspecified atom stereocenters. The van der Waals surface area contributed by atoms with Gasteiger partial charge in [0.1, 0.15) is 6.04 Å². The van der Waals surface area contributed by atoms with Crippen molar-refractivity contribution in [3.63, 3.8) is 0 Å². The number of nitrogens with one attached hydrogen (secondary N) is 1. The van der Waals surface area contributed by atoms with Crippen LogP contribution in [0.4, 0.5) is 4.39 Å². The minimum absolute atomic E-state index is 0.0325. The third kappa shape index (κ3) is 4.85. The van der Waals surface area contributed by atoms with Crippen molar-refractivity contribution >= 4 is 23.2 Å². The molecule has 0 radical (unpaired) electrons. The van der Waals surface area contributed by atoms with Gasteiger partial charge in [-0.25, -0.2) is 9.37 Å². The van der Waals surface area contributed by atoms with E-state index < -0.39 is 35.5 Å². The summed E-state index contributed by atoms with van der Waals surface area (Å²) in [5.74, 6) is -2.34. The number of likely N-dealkylation sites (tertiary alicyclic amines) is 1. The van der Waals surface area contributed by atoms with Crippen molar-refractivity contribution in [3.05, 3.63) is 58.6 Å². The second kappa shape index (κ2) is 9.87. The molecule has 0 spiro atoms. The number of aryl methyl sites for hydroxylation is 2. The molecule has 3 aromatic rings. The molecule has 8 nitrogen and oxygen atoms in total. The van der Waals surface area contributed by atoms with Gasteiger partial charge < -0.3 is 19.8 Å². The zero-order chi connectivity index (χ0) is 25.3. The van der Waals surface area contributed by atoms with E-state index in [0.29, 0.717) is 5.69 Å². The van der Waals surface area contributed by atoms with Crippen LogP contribution in [0.2, 0.25) is 0 Å². The van der Waals surface area contributed by atoms with Crippen molar-refractivity contribution in [3.8, 4) is 10.4 Å². The summed E-state index contributed by atoms with van der Waals surface area (Å²) in [6.45, 7) is 6.83. The largest absolute Gasteiger partial charge is 0.391 e. The zero-order valence-electron chi connectivity index (χ0n) is 20.1. The third-order valence-electron chi connectivity index (χ3n) is 6.36. The number of β-amino-alcohol motifs (C(OH)–C–C–N with tert-alkyl or cyclic N) is 1. The first-order valence-corrected chi connectivity index (χ1v) is 12.4. The molecule has 1 fully saturated rings. The molecule has 3 heterocycles. The molecule has 0 saturated carbocycles. The Morgan fingerprint density at radius 3 is 2.60 bits per heavy atom. The van der Waals surface area contributed by atoms with Crippen molar-refractivity contribution in [1.29, 1.82) is 0 Å². The van der Waals surface area contributed by atoms with Crippen LogP contribution in [0.15, 0.2) is 40.4 Å². The Kier molecular flexibility index (Phi) is 7.05. The lowest BCUT2D eigenvalue weighted by atomic mass is 9.87. The predicted molar refractivity (Wildman–Crippen MR) is 129 cm³/mol. The monoisotopic (exact) mass is 500 g/mol. The topological polar surface area (TPSA) is 109 Å². The molecule has 3 atom stereocenters. The Labute approximate surface area is 207 Å². The first kappa shape index (κ1) is 25.0. The lowest BCUT2D eigenvalue weighted by molar-refractivity contribution is -0.154. The molecule has 4 rings (SSSR count). The van der Waals surface area contributed by atoms with Crippen LogP contribution in [-0.2, 0) is 21.8 Å². The van der Waals surface area contributed by atoms with E-state index in [1.165, 1.54) is 6.07 Å². The van der Waals surface area contributed by atoms with E-state index in [1.807, 2.05) is 31.2 Å². The highest BCUT2D eigenvalue weighted by atomic mass is 32.1. The molecule has 2 N–H and O–H groups in total. The number of hydrogen-bond acceptors (Lipinski definition) is 7. The van der Waals surface area contributed by atoms with Gasteiger partial charge in [0.15, 0.2) is 5.76 Å². The SMILES string of the molecule is Cc1cc([C@@](F)(C(=O)N2C[C@H](O)C[C@H]2C(=O)NCc2ccc(-c3scnc3C)cc2)C(C)C)on1. The number of halogens is 1. The second-order valence-corrected chi connectivity index (χ2v) is 10.1. The smallest absolute Gasteiger partial charge is 0.269 e. The van der Waals surface area contributed by atoms with E-state index in [9.17, 15) is 14.7 Å². The minimum atomic E-state index is -2.51. The summed E-state index contributed by atoms with van der Waals surface area (Å²) in [5.41, 5.74) is 2.63. The van der Waals surface area contributed by atoms with Crippen LogP contribution in [0.1, 0.15) is 43.0 Å². The number of aliphatic hydroxyl groups is 1. The number of aromatic nitrogens is 2. The van der Waals surface area contributed by atoms with Crippen LogP contribution in [0.25, 0.3) is 10.4 Å². The van der Waals surface area contributed by atoms with E-state index in [2.05, 4.69) is 15.5 Å². The Morgan fingerprint density at radius 2 is 2.03 bits per heavy atom. The van der Waals surface area contributed by atoms with Crippen molar-refractivity contribution in [2.45, 2.75) is 58.5 Å². The first-order chi connectivity index (χ1) is 16.6. The number of aliphatic hydroxyl groups excluding tert-OH is 1. The number of amides is 2. The maximum atomic E-state index is 16.2. The normalized spacial score (nSPS) is 19.7. The van der Waals surface area contributed by atoms with Crippen LogP contribution in [0.3, 0.4) is 0 Å². The van der Waals surface area contributed by atoms with E-state index in [4.69, 9.17) is 4.52 Å².